The van der Waals surface area contributed by atoms with Crippen LogP contribution < -0.4 is 10.6 Å². The van der Waals surface area contributed by atoms with Gasteiger partial charge in [-0.1, -0.05) is 6.92 Å². The first-order valence-corrected chi connectivity index (χ1v) is 6.60. The normalized spacial score (nSPS) is 27.8. The molecule has 6 heteroatoms. The van der Waals surface area contributed by atoms with Crippen LogP contribution in [0.2, 0.25) is 0 Å². The Morgan fingerprint density at radius 2 is 1.90 bits per heavy atom. The van der Waals surface area contributed by atoms with E-state index in [4.69, 9.17) is 5.73 Å². The van der Waals surface area contributed by atoms with Crippen LogP contribution in [0.3, 0.4) is 0 Å². The van der Waals surface area contributed by atoms with E-state index in [0.717, 1.165) is 12.1 Å². The molecule has 0 aromatic heterocycles. The Labute approximate surface area is 115 Å². The van der Waals surface area contributed by atoms with Gasteiger partial charge in [0, 0.05) is 24.3 Å². The molecule has 3 atom stereocenters. The van der Waals surface area contributed by atoms with Gasteiger partial charge in [-0.25, -0.2) is 4.39 Å². The van der Waals surface area contributed by atoms with Gasteiger partial charge in [-0.3, -0.25) is 0 Å². The third kappa shape index (κ3) is 2.75. The molecule has 20 heavy (non-hydrogen) atoms. The number of benzene rings is 1. The third-order valence-corrected chi connectivity index (χ3v) is 4.22. The second kappa shape index (κ2) is 5.24. The minimum Gasteiger partial charge on any atom is -0.368 e. The van der Waals surface area contributed by atoms with Crippen LogP contribution in [0.1, 0.15) is 25.8 Å². The molecule has 0 bridgehead atoms. The molecule has 1 aromatic carbocycles. The Morgan fingerprint density at radius 3 is 2.50 bits per heavy atom. The van der Waals surface area contributed by atoms with E-state index in [-0.39, 0.29) is 18.0 Å². The molecule has 2 rings (SSSR count). The minimum atomic E-state index is -4.68. The van der Waals surface area contributed by atoms with Crippen molar-refractivity contribution in [2.45, 2.75) is 38.5 Å². The van der Waals surface area contributed by atoms with E-state index in [1.54, 1.807) is 0 Å². The van der Waals surface area contributed by atoms with Gasteiger partial charge in [0.15, 0.2) is 0 Å². The standard InChI is InChI=1S/C14H18F4N2/c1-8-9(2)20(6-5-13(8)19)10-3-4-12(15)11(7-10)14(16,17)18/h3-4,7-9,13H,5-6,19H2,1-2H3. The Morgan fingerprint density at radius 1 is 1.25 bits per heavy atom. The number of rotatable bonds is 1. The molecule has 0 aliphatic carbocycles. The lowest BCUT2D eigenvalue weighted by Gasteiger charge is -2.43. The van der Waals surface area contributed by atoms with Crippen molar-refractivity contribution >= 4 is 5.69 Å². The highest BCUT2D eigenvalue weighted by Gasteiger charge is 2.36. The van der Waals surface area contributed by atoms with Crippen LogP contribution in [-0.4, -0.2) is 18.6 Å². The Bertz CT molecular complexity index is 487. The van der Waals surface area contributed by atoms with E-state index in [0.29, 0.717) is 18.7 Å². The number of halogens is 4. The zero-order valence-electron chi connectivity index (χ0n) is 11.4. The first-order valence-electron chi connectivity index (χ1n) is 6.60. The summed E-state index contributed by atoms with van der Waals surface area (Å²) in [7, 11) is 0. The first kappa shape index (κ1) is 15.1. The number of hydrogen-bond donors (Lipinski definition) is 1. The van der Waals surface area contributed by atoms with Gasteiger partial charge < -0.3 is 10.6 Å². The average Bonchev–Trinajstić information content (AvgIpc) is 2.36. The molecule has 1 saturated heterocycles. The van der Waals surface area contributed by atoms with Crippen molar-refractivity contribution in [3.63, 3.8) is 0 Å². The molecule has 112 valence electrons. The second-order valence-corrected chi connectivity index (χ2v) is 5.41. The molecule has 1 aromatic rings. The highest BCUT2D eigenvalue weighted by Crippen LogP contribution is 2.35. The largest absolute Gasteiger partial charge is 0.419 e. The summed E-state index contributed by atoms with van der Waals surface area (Å²) in [6, 6.07) is 3.22. The van der Waals surface area contributed by atoms with Crippen LogP contribution >= 0.6 is 0 Å². The molecule has 0 radical (unpaired) electrons. The zero-order chi connectivity index (χ0) is 15.1. The van der Waals surface area contributed by atoms with Gasteiger partial charge in [0.2, 0.25) is 0 Å². The Balaban J connectivity index is 2.34. The number of nitrogens with zero attached hydrogens (tertiary/aromatic N) is 1. The van der Waals surface area contributed by atoms with Gasteiger partial charge in [0.05, 0.1) is 5.56 Å². The van der Waals surface area contributed by atoms with Crippen molar-refractivity contribution in [1.82, 2.24) is 0 Å². The van der Waals surface area contributed by atoms with E-state index >= 15 is 0 Å². The van der Waals surface area contributed by atoms with Crippen molar-refractivity contribution in [1.29, 1.82) is 0 Å². The average molecular weight is 290 g/mol. The molecule has 1 heterocycles. The predicted molar refractivity (Wildman–Crippen MR) is 70.0 cm³/mol. The maximum atomic E-state index is 13.3. The first-order chi connectivity index (χ1) is 9.21. The van der Waals surface area contributed by atoms with Gasteiger partial charge >= 0.3 is 6.18 Å². The number of alkyl halides is 3. The van der Waals surface area contributed by atoms with Crippen molar-refractivity contribution in [3.8, 4) is 0 Å². The molecule has 0 spiro atoms. The second-order valence-electron chi connectivity index (χ2n) is 5.41. The maximum absolute atomic E-state index is 13.3. The fourth-order valence-electron chi connectivity index (χ4n) is 2.67. The summed E-state index contributed by atoms with van der Waals surface area (Å²) < 4.78 is 51.6. The lowest BCUT2D eigenvalue weighted by Crippen LogP contribution is -2.51. The summed E-state index contributed by atoms with van der Waals surface area (Å²) in [5, 5.41) is 0. The summed E-state index contributed by atoms with van der Waals surface area (Å²) in [6.07, 6.45) is -3.97. The van der Waals surface area contributed by atoms with E-state index < -0.39 is 17.6 Å². The van der Waals surface area contributed by atoms with Crippen LogP contribution in [-0.2, 0) is 6.18 Å². The molecular weight excluding hydrogens is 272 g/mol. The minimum absolute atomic E-state index is 0.0188. The van der Waals surface area contributed by atoms with Crippen molar-refractivity contribution in [2.75, 3.05) is 11.4 Å². The molecule has 1 aliphatic rings. The smallest absolute Gasteiger partial charge is 0.368 e. The highest BCUT2D eigenvalue weighted by atomic mass is 19.4. The number of anilines is 1. The van der Waals surface area contributed by atoms with Crippen molar-refractivity contribution < 1.29 is 17.6 Å². The van der Waals surface area contributed by atoms with Crippen molar-refractivity contribution in [2.24, 2.45) is 11.7 Å². The maximum Gasteiger partial charge on any atom is 0.419 e. The predicted octanol–water partition coefficient (Wildman–Crippen LogP) is 3.41. The molecule has 2 nitrogen and oxygen atoms in total. The van der Waals surface area contributed by atoms with Crippen LogP contribution in [0.15, 0.2) is 18.2 Å². The van der Waals surface area contributed by atoms with Gasteiger partial charge in [0.1, 0.15) is 5.82 Å². The van der Waals surface area contributed by atoms with E-state index in [1.165, 1.54) is 6.07 Å². The highest BCUT2D eigenvalue weighted by molar-refractivity contribution is 5.51. The molecule has 2 N–H and O–H groups in total. The van der Waals surface area contributed by atoms with Crippen molar-refractivity contribution in [3.05, 3.63) is 29.6 Å². The van der Waals surface area contributed by atoms with Gasteiger partial charge in [-0.2, -0.15) is 13.2 Å². The van der Waals surface area contributed by atoms with E-state index in [2.05, 4.69) is 0 Å². The summed E-state index contributed by atoms with van der Waals surface area (Å²) in [6.45, 7) is 4.49. The number of piperidine rings is 1. The van der Waals surface area contributed by atoms with Gasteiger partial charge in [-0.15, -0.1) is 0 Å². The van der Waals surface area contributed by atoms with Crippen LogP contribution in [0.25, 0.3) is 0 Å². The molecule has 1 aliphatic heterocycles. The number of hydrogen-bond acceptors (Lipinski definition) is 2. The van der Waals surface area contributed by atoms with Crippen LogP contribution in [0, 0.1) is 11.7 Å². The summed E-state index contributed by atoms with van der Waals surface area (Å²) in [5.41, 5.74) is 5.14. The van der Waals surface area contributed by atoms with E-state index in [1.807, 2.05) is 18.7 Å². The Kier molecular flexibility index (Phi) is 3.95. The summed E-state index contributed by atoms with van der Waals surface area (Å²) >= 11 is 0. The molecule has 1 fully saturated rings. The topological polar surface area (TPSA) is 29.3 Å². The fourth-order valence-corrected chi connectivity index (χ4v) is 2.67. The van der Waals surface area contributed by atoms with Gasteiger partial charge in [0.25, 0.3) is 0 Å². The van der Waals surface area contributed by atoms with Crippen LogP contribution in [0.4, 0.5) is 23.2 Å². The third-order valence-electron chi connectivity index (χ3n) is 4.22. The number of nitrogens with two attached hydrogens (primary N) is 1. The summed E-state index contributed by atoms with van der Waals surface area (Å²) in [4.78, 5) is 1.86. The van der Waals surface area contributed by atoms with Gasteiger partial charge in [-0.05, 0) is 37.5 Å². The fraction of sp³-hybridized carbons (Fsp3) is 0.571. The van der Waals surface area contributed by atoms with Crippen LogP contribution in [0.5, 0.6) is 0 Å². The van der Waals surface area contributed by atoms with E-state index in [9.17, 15) is 17.6 Å². The molecule has 0 saturated carbocycles. The quantitative estimate of drug-likeness (QED) is 0.803. The SMILES string of the molecule is CC1C(N)CCN(c2ccc(F)c(C(F)(F)F)c2)C1C. The Hall–Kier alpha value is -1.30. The molecule has 3 unspecified atom stereocenters. The summed E-state index contributed by atoms with van der Waals surface area (Å²) in [5.74, 6) is -1.07. The zero-order valence-corrected chi connectivity index (χ0v) is 11.4. The lowest BCUT2D eigenvalue weighted by molar-refractivity contribution is -0.139. The molecule has 0 amide bonds. The lowest BCUT2D eigenvalue weighted by atomic mass is 9.87. The molecular formula is C14H18F4N2. The monoisotopic (exact) mass is 290 g/mol.